The average Bonchev–Trinajstić information content (AvgIpc) is 2.55. The molecule has 0 N–H and O–H groups in total. The van der Waals surface area contributed by atoms with E-state index >= 15 is 0 Å². The van der Waals surface area contributed by atoms with Crippen molar-refractivity contribution < 1.29 is 27.8 Å². The number of ether oxygens (including phenoxy) is 3. The zero-order valence-electron chi connectivity index (χ0n) is 11.3. The van der Waals surface area contributed by atoms with E-state index in [9.17, 15) is 13.6 Å². The van der Waals surface area contributed by atoms with Crippen LogP contribution in [-0.2, 0) is 14.2 Å². The Morgan fingerprint density at radius 2 is 2.05 bits per heavy atom. The van der Waals surface area contributed by atoms with Crippen LogP contribution < -0.4 is 0 Å². The SMILES string of the molecule is CC(C)(C)OC(=O)N1CC2(CC(OC(F)F)CO2)C1. The summed E-state index contributed by atoms with van der Waals surface area (Å²) in [7, 11) is 0. The van der Waals surface area contributed by atoms with Crippen molar-refractivity contribution in [2.75, 3.05) is 19.7 Å². The average molecular weight is 279 g/mol. The summed E-state index contributed by atoms with van der Waals surface area (Å²) in [6.45, 7) is 3.46. The molecule has 2 aliphatic heterocycles. The molecule has 0 bridgehead atoms. The van der Waals surface area contributed by atoms with Gasteiger partial charge in [-0.15, -0.1) is 0 Å². The summed E-state index contributed by atoms with van der Waals surface area (Å²) in [5.74, 6) is 0. The van der Waals surface area contributed by atoms with E-state index in [2.05, 4.69) is 4.74 Å². The summed E-state index contributed by atoms with van der Waals surface area (Å²) in [5, 5.41) is 0. The van der Waals surface area contributed by atoms with E-state index in [0.717, 1.165) is 0 Å². The fraction of sp³-hybridized carbons (Fsp3) is 0.917. The van der Waals surface area contributed by atoms with Crippen LogP contribution in [0, 0.1) is 0 Å². The van der Waals surface area contributed by atoms with Gasteiger partial charge in [-0.1, -0.05) is 0 Å². The Morgan fingerprint density at radius 1 is 1.42 bits per heavy atom. The summed E-state index contributed by atoms with van der Waals surface area (Å²) in [6, 6.07) is 0. The molecule has 110 valence electrons. The third-order valence-electron chi connectivity index (χ3n) is 3.08. The lowest BCUT2D eigenvalue weighted by molar-refractivity contribution is -0.161. The molecule has 1 unspecified atom stereocenters. The van der Waals surface area contributed by atoms with Gasteiger partial charge in [0.05, 0.1) is 25.8 Å². The number of carbonyl (C=O) groups excluding carboxylic acids is 1. The van der Waals surface area contributed by atoms with E-state index < -0.39 is 30.0 Å². The van der Waals surface area contributed by atoms with Crippen LogP contribution in [-0.4, -0.2) is 54.6 Å². The van der Waals surface area contributed by atoms with Crippen molar-refractivity contribution in [2.24, 2.45) is 0 Å². The summed E-state index contributed by atoms with van der Waals surface area (Å²) >= 11 is 0. The molecule has 0 aromatic carbocycles. The van der Waals surface area contributed by atoms with Crippen molar-refractivity contribution in [1.29, 1.82) is 0 Å². The van der Waals surface area contributed by atoms with Crippen LogP contribution in [0.3, 0.4) is 0 Å². The third kappa shape index (κ3) is 3.54. The molecule has 0 aliphatic carbocycles. The Bertz CT molecular complexity index is 350. The van der Waals surface area contributed by atoms with Crippen LogP contribution in [0.4, 0.5) is 13.6 Å². The van der Waals surface area contributed by atoms with Crippen LogP contribution >= 0.6 is 0 Å². The molecule has 0 radical (unpaired) electrons. The molecule has 1 amide bonds. The second kappa shape index (κ2) is 4.86. The Kier molecular flexibility index (Phi) is 3.70. The fourth-order valence-electron chi connectivity index (χ4n) is 2.36. The normalized spacial score (nSPS) is 25.8. The van der Waals surface area contributed by atoms with Gasteiger partial charge in [-0.05, 0) is 20.8 Å². The largest absolute Gasteiger partial charge is 0.444 e. The highest BCUT2D eigenvalue weighted by molar-refractivity contribution is 5.69. The maximum Gasteiger partial charge on any atom is 0.410 e. The van der Waals surface area contributed by atoms with Gasteiger partial charge < -0.3 is 19.1 Å². The highest BCUT2D eigenvalue weighted by Gasteiger charge is 2.52. The molecule has 1 atom stereocenters. The molecule has 7 heteroatoms. The number of hydrogen-bond donors (Lipinski definition) is 0. The van der Waals surface area contributed by atoms with Gasteiger partial charge in [0.25, 0.3) is 0 Å². The maximum absolute atomic E-state index is 12.1. The molecule has 1 spiro atoms. The molecular formula is C12H19F2NO4. The van der Waals surface area contributed by atoms with Crippen LogP contribution in [0.1, 0.15) is 27.2 Å². The van der Waals surface area contributed by atoms with Crippen LogP contribution in [0.15, 0.2) is 0 Å². The fourth-order valence-corrected chi connectivity index (χ4v) is 2.36. The van der Waals surface area contributed by atoms with E-state index in [0.29, 0.717) is 19.5 Å². The minimum absolute atomic E-state index is 0.145. The lowest BCUT2D eigenvalue weighted by atomic mass is 9.90. The van der Waals surface area contributed by atoms with E-state index in [4.69, 9.17) is 9.47 Å². The van der Waals surface area contributed by atoms with Gasteiger partial charge in [0, 0.05) is 6.42 Å². The van der Waals surface area contributed by atoms with E-state index in [1.54, 1.807) is 20.8 Å². The topological polar surface area (TPSA) is 48.0 Å². The predicted molar refractivity (Wildman–Crippen MR) is 62.0 cm³/mol. The number of halogens is 2. The van der Waals surface area contributed by atoms with Gasteiger partial charge in [0.15, 0.2) is 0 Å². The Morgan fingerprint density at radius 3 is 2.58 bits per heavy atom. The predicted octanol–water partition coefficient (Wildman–Crippen LogP) is 2.00. The highest BCUT2D eigenvalue weighted by atomic mass is 19.3. The zero-order chi connectivity index (χ0) is 14.3. The quantitative estimate of drug-likeness (QED) is 0.775. The van der Waals surface area contributed by atoms with Crippen molar-refractivity contribution in [1.82, 2.24) is 4.90 Å². The Hall–Kier alpha value is -0.950. The van der Waals surface area contributed by atoms with Crippen molar-refractivity contribution in [3.8, 4) is 0 Å². The molecule has 2 fully saturated rings. The first-order chi connectivity index (χ1) is 8.69. The first-order valence-electron chi connectivity index (χ1n) is 6.25. The number of amides is 1. The van der Waals surface area contributed by atoms with Crippen molar-refractivity contribution in [2.45, 2.75) is 51.1 Å². The molecule has 0 aromatic rings. The number of hydrogen-bond acceptors (Lipinski definition) is 4. The van der Waals surface area contributed by atoms with Gasteiger partial charge in [0.2, 0.25) is 0 Å². The monoisotopic (exact) mass is 279 g/mol. The smallest absolute Gasteiger partial charge is 0.410 e. The summed E-state index contributed by atoms with van der Waals surface area (Å²) in [4.78, 5) is 13.2. The van der Waals surface area contributed by atoms with Crippen molar-refractivity contribution in [3.63, 3.8) is 0 Å². The molecule has 2 heterocycles. The van der Waals surface area contributed by atoms with Gasteiger partial charge in [-0.2, -0.15) is 8.78 Å². The van der Waals surface area contributed by atoms with Gasteiger partial charge >= 0.3 is 12.7 Å². The third-order valence-corrected chi connectivity index (χ3v) is 3.08. The maximum atomic E-state index is 12.1. The molecule has 19 heavy (non-hydrogen) atoms. The Labute approximate surface area is 110 Å². The number of likely N-dealkylation sites (tertiary alicyclic amines) is 1. The lowest BCUT2D eigenvalue weighted by Gasteiger charge is -2.46. The molecule has 2 saturated heterocycles. The zero-order valence-corrected chi connectivity index (χ0v) is 11.3. The van der Waals surface area contributed by atoms with Gasteiger partial charge in [-0.3, -0.25) is 0 Å². The molecule has 2 aliphatic rings. The number of alkyl halides is 2. The number of nitrogens with zero attached hydrogens (tertiary/aromatic N) is 1. The molecule has 2 rings (SSSR count). The summed E-state index contributed by atoms with van der Waals surface area (Å²) in [6.07, 6.45) is -0.614. The van der Waals surface area contributed by atoms with Gasteiger partial charge in [0.1, 0.15) is 11.2 Å². The second-order valence-electron chi connectivity index (χ2n) is 6.05. The standard InChI is InChI=1S/C12H19F2NO4/c1-11(2,3)19-10(16)15-6-12(7-15)4-8(5-17-12)18-9(13)14/h8-9H,4-7H2,1-3H3. The Balaban J connectivity index is 1.78. The molecular weight excluding hydrogens is 260 g/mol. The molecule has 0 aromatic heterocycles. The van der Waals surface area contributed by atoms with Crippen molar-refractivity contribution >= 4 is 6.09 Å². The van der Waals surface area contributed by atoms with Crippen LogP contribution in [0.25, 0.3) is 0 Å². The minimum atomic E-state index is -2.79. The summed E-state index contributed by atoms with van der Waals surface area (Å²) < 4.78 is 39.3. The molecule has 0 saturated carbocycles. The number of rotatable bonds is 2. The summed E-state index contributed by atoms with van der Waals surface area (Å²) in [5.41, 5.74) is -1.08. The molecule has 5 nitrogen and oxygen atoms in total. The van der Waals surface area contributed by atoms with Crippen LogP contribution in [0.2, 0.25) is 0 Å². The number of carbonyl (C=O) groups is 1. The minimum Gasteiger partial charge on any atom is -0.444 e. The van der Waals surface area contributed by atoms with Crippen molar-refractivity contribution in [3.05, 3.63) is 0 Å². The van der Waals surface area contributed by atoms with Crippen LogP contribution in [0.5, 0.6) is 0 Å². The first kappa shape index (κ1) is 14.5. The lowest BCUT2D eigenvalue weighted by Crippen LogP contribution is -2.63. The van der Waals surface area contributed by atoms with E-state index in [1.807, 2.05) is 0 Å². The second-order valence-corrected chi connectivity index (χ2v) is 6.05. The van der Waals surface area contributed by atoms with E-state index in [1.165, 1.54) is 4.90 Å². The first-order valence-corrected chi connectivity index (χ1v) is 6.25. The highest BCUT2D eigenvalue weighted by Crippen LogP contribution is 2.37. The van der Waals surface area contributed by atoms with E-state index in [-0.39, 0.29) is 6.61 Å². The van der Waals surface area contributed by atoms with Gasteiger partial charge in [-0.25, -0.2) is 4.79 Å².